The van der Waals surface area contributed by atoms with Gasteiger partial charge in [-0.2, -0.15) is 10.4 Å². The van der Waals surface area contributed by atoms with Gasteiger partial charge in [0.15, 0.2) is 5.01 Å². The highest BCUT2D eigenvalue weighted by atomic mass is 32.1. The first-order valence-electron chi connectivity index (χ1n) is 13.9. The third-order valence-electron chi connectivity index (χ3n) is 8.50. The van der Waals surface area contributed by atoms with E-state index in [-0.39, 0.29) is 11.4 Å². The molecule has 4 aromatic heterocycles. The van der Waals surface area contributed by atoms with E-state index in [1.165, 1.54) is 0 Å². The summed E-state index contributed by atoms with van der Waals surface area (Å²) >= 11 is 1.59. The molecule has 210 valence electrons. The molecule has 0 bridgehead atoms. The Morgan fingerprint density at radius 2 is 1.98 bits per heavy atom. The van der Waals surface area contributed by atoms with Crippen LogP contribution < -0.4 is 15.5 Å². The summed E-state index contributed by atoms with van der Waals surface area (Å²) in [5, 5.41) is 31.3. The number of hydrogen-bond acceptors (Lipinski definition) is 10. The van der Waals surface area contributed by atoms with E-state index in [1.54, 1.807) is 29.0 Å². The van der Waals surface area contributed by atoms with Gasteiger partial charge in [0.25, 0.3) is 0 Å². The van der Waals surface area contributed by atoms with Crippen LogP contribution >= 0.6 is 11.3 Å². The Labute approximate surface area is 241 Å². The van der Waals surface area contributed by atoms with Gasteiger partial charge in [0.1, 0.15) is 6.07 Å². The molecule has 4 aromatic rings. The second-order valence-electron chi connectivity index (χ2n) is 11.9. The van der Waals surface area contributed by atoms with Crippen molar-refractivity contribution in [3.8, 4) is 28.0 Å². The molecule has 1 saturated carbocycles. The molecule has 0 radical (unpaired) electrons. The highest BCUT2D eigenvalue weighted by Crippen LogP contribution is 2.47. The zero-order valence-corrected chi connectivity index (χ0v) is 23.9. The van der Waals surface area contributed by atoms with Crippen LogP contribution in [-0.4, -0.2) is 68.6 Å². The number of anilines is 2. The average Bonchev–Trinajstić information content (AvgIpc) is 3.58. The van der Waals surface area contributed by atoms with Crippen LogP contribution in [0.15, 0.2) is 36.7 Å². The molecule has 0 unspecified atom stereocenters. The molecular weight excluding hydrogens is 538 g/mol. The maximum Gasteiger partial charge on any atom is 0.217 e. The summed E-state index contributed by atoms with van der Waals surface area (Å²) in [6.07, 6.45) is 7.75. The number of hydrogen-bond donors (Lipinski definition) is 2. The Morgan fingerprint density at radius 3 is 2.68 bits per heavy atom. The van der Waals surface area contributed by atoms with Gasteiger partial charge >= 0.3 is 0 Å². The van der Waals surface area contributed by atoms with Crippen LogP contribution in [0.5, 0.6) is 0 Å². The summed E-state index contributed by atoms with van der Waals surface area (Å²) in [5.74, 6) is 0.0607. The molecule has 1 spiro atoms. The van der Waals surface area contributed by atoms with Crippen molar-refractivity contribution in [3.63, 3.8) is 0 Å². The number of pyridine rings is 1. The summed E-state index contributed by atoms with van der Waals surface area (Å²) in [6.45, 7) is 6.94. The van der Waals surface area contributed by atoms with E-state index in [1.807, 2.05) is 30.5 Å². The number of fused-ring (bicyclic) bond motifs is 1. The van der Waals surface area contributed by atoms with Gasteiger partial charge in [-0.05, 0) is 56.9 Å². The summed E-state index contributed by atoms with van der Waals surface area (Å²) in [4.78, 5) is 18.6. The molecule has 1 amide bonds. The van der Waals surface area contributed by atoms with Crippen LogP contribution in [0.3, 0.4) is 0 Å². The molecule has 7 rings (SSSR count). The summed E-state index contributed by atoms with van der Waals surface area (Å²) < 4.78 is 7.30. The second kappa shape index (κ2) is 9.78. The number of rotatable bonds is 6. The minimum atomic E-state index is -0.179. The first-order valence-corrected chi connectivity index (χ1v) is 14.7. The molecule has 1 aliphatic carbocycles. The molecule has 11 nitrogen and oxygen atoms in total. The van der Waals surface area contributed by atoms with E-state index in [0.29, 0.717) is 30.2 Å². The van der Waals surface area contributed by atoms with Crippen LogP contribution in [0.4, 0.5) is 10.8 Å². The minimum absolute atomic E-state index is 0.0607. The van der Waals surface area contributed by atoms with Crippen molar-refractivity contribution in [2.24, 2.45) is 5.41 Å². The molecular formula is C29H31N9O2S. The zero-order chi connectivity index (χ0) is 28.2. The Bertz CT molecular complexity index is 1670. The molecule has 3 aliphatic rings. The van der Waals surface area contributed by atoms with Gasteiger partial charge in [-0.15, -0.1) is 10.2 Å². The predicted octanol–water partition coefficient (Wildman–Crippen LogP) is 3.87. The molecule has 6 heterocycles. The van der Waals surface area contributed by atoms with Crippen molar-refractivity contribution in [2.45, 2.75) is 51.1 Å². The standard InChI is InChI=1S/C29H31N9O2S/c1-18(39)33-20-5-7-29(8-6-20)14-37(15-29)27-36-35-26(41-27)22-13-31-24(10-23(22)34-28(2)16-40-17-28)25-4-3-21-9-19(11-30)12-32-38(21)25/h3-4,9-10,12-13,20H,5-8,14-17H2,1-2H3,(H,31,34)(H,33,39). The highest BCUT2D eigenvalue weighted by Gasteiger charge is 2.46. The fourth-order valence-corrected chi connectivity index (χ4v) is 7.13. The van der Waals surface area contributed by atoms with E-state index in [2.05, 4.69) is 43.8 Å². The number of nitrogens with zero attached hydrogens (tertiary/aromatic N) is 7. The van der Waals surface area contributed by atoms with Crippen molar-refractivity contribution in [1.29, 1.82) is 5.26 Å². The van der Waals surface area contributed by atoms with Crippen molar-refractivity contribution < 1.29 is 9.53 Å². The van der Waals surface area contributed by atoms with E-state index in [0.717, 1.165) is 77.1 Å². The van der Waals surface area contributed by atoms with E-state index >= 15 is 0 Å². The molecule has 0 aromatic carbocycles. The van der Waals surface area contributed by atoms with Crippen LogP contribution in [-0.2, 0) is 9.53 Å². The maximum absolute atomic E-state index is 11.4. The number of ether oxygens (including phenoxy) is 1. The monoisotopic (exact) mass is 569 g/mol. The van der Waals surface area contributed by atoms with Gasteiger partial charge < -0.3 is 20.3 Å². The fraction of sp³-hybridized carbons (Fsp3) is 0.448. The third kappa shape index (κ3) is 4.79. The van der Waals surface area contributed by atoms with E-state index in [9.17, 15) is 10.1 Å². The smallest absolute Gasteiger partial charge is 0.217 e. The predicted molar refractivity (Wildman–Crippen MR) is 156 cm³/mol. The number of aromatic nitrogens is 5. The van der Waals surface area contributed by atoms with Gasteiger partial charge in [-0.25, -0.2) is 4.52 Å². The topological polar surface area (TPSA) is 133 Å². The third-order valence-corrected chi connectivity index (χ3v) is 9.51. The lowest BCUT2D eigenvalue weighted by Crippen LogP contribution is -2.59. The lowest BCUT2D eigenvalue weighted by Gasteiger charge is -2.53. The Kier molecular flexibility index (Phi) is 6.17. The summed E-state index contributed by atoms with van der Waals surface area (Å²) in [6, 6.07) is 10.2. The van der Waals surface area contributed by atoms with Crippen molar-refractivity contribution in [3.05, 3.63) is 42.2 Å². The molecule has 0 atom stereocenters. The molecule has 2 saturated heterocycles. The molecule has 41 heavy (non-hydrogen) atoms. The van der Waals surface area contributed by atoms with Crippen LogP contribution in [0.2, 0.25) is 0 Å². The van der Waals surface area contributed by atoms with E-state index in [4.69, 9.17) is 9.72 Å². The first-order chi connectivity index (χ1) is 19.8. The van der Waals surface area contributed by atoms with Gasteiger partial charge in [0.05, 0.1) is 53.0 Å². The fourth-order valence-electron chi connectivity index (χ4n) is 6.26. The Hall–Kier alpha value is -4.08. The minimum Gasteiger partial charge on any atom is -0.376 e. The number of amides is 1. The summed E-state index contributed by atoms with van der Waals surface area (Å²) in [7, 11) is 0. The maximum atomic E-state index is 11.4. The highest BCUT2D eigenvalue weighted by molar-refractivity contribution is 7.18. The average molecular weight is 570 g/mol. The normalized spacial score (nSPS) is 19.4. The number of nitrogens with one attached hydrogen (secondary N) is 2. The van der Waals surface area contributed by atoms with Crippen molar-refractivity contribution >= 4 is 33.6 Å². The second-order valence-corrected chi connectivity index (χ2v) is 12.9. The Balaban J connectivity index is 1.13. The largest absolute Gasteiger partial charge is 0.376 e. The van der Waals surface area contributed by atoms with Crippen molar-refractivity contribution in [1.82, 2.24) is 30.1 Å². The van der Waals surface area contributed by atoms with Crippen molar-refractivity contribution in [2.75, 3.05) is 36.5 Å². The lowest BCUT2D eigenvalue weighted by molar-refractivity contribution is -0.120. The number of carbonyl (C=O) groups excluding carboxylic acids is 1. The quantitative estimate of drug-likeness (QED) is 0.355. The van der Waals surface area contributed by atoms with Gasteiger partial charge in [0.2, 0.25) is 11.0 Å². The molecule has 2 N–H and O–H groups in total. The number of nitriles is 1. The SMILES string of the molecule is CC(=O)NC1CCC2(CC1)CN(c1nnc(-c3cnc(-c4ccc5cc(C#N)cnn45)cc3NC3(C)COC3)s1)C2. The lowest BCUT2D eigenvalue weighted by atomic mass is 9.67. The molecule has 2 aliphatic heterocycles. The molecule has 12 heteroatoms. The summed E-state index contributed by atoms with van der Waals surface area (Å²) in [5.41, 5.74) is 4.92. The van der Waals surface area contributed by atoms with E-state index < -0.39 is 0 Å². The molecule has 3 fully saturated rings. The number of carbonyl (C=O) groups is 1. The van der Waals surface area contributed by atoms with Gasteiger partial charge in [-0.3, -0.25) is 9.78 Å². The van der Waals surface area contributed by atoms with Crippen LogP contribution in [0.25, 0.3) is 27.5 Å². The zero-order valence-electron chi connectivity index (χ0n) is 23.1. The Morgan fingerprint density at radius 1 is 1.17 bits per heavy atom. The first kappa shape index (κ1) is 25.9. The van der Waals surface area contributed by atoms with Gasteiger partial charge in [-0.1, -0.05) is 11.3 Å². The van der Waals surface area contributed by atoms with Gasteiger partial charge in [0, 0.05) is 43.4 Å². The van der Waals surface area contributed by atoms with Crippen LogP contribution in [0.1, 0.15) is 45.1 Å². The van der Waals surface area contributed by atoms with Crippen LogP contribution in [0, 0.1) is 16.7 Å².